The molecule has 0 radical (unpaired) electrons. The van der Waals surface area contributed by atoms with E-state index in [1.807, 2.05) is 6.07 Å². The van der Waals surface area contributed by atoms with Gasteiger partial charge in [-0.1, -0.05) is 75.4 Å². The van der Waals surface area contributed by atoms with Gasteiger partial charge in [-0.2, -0.15) is 0 Å². The molecule has 0 heterocycles. The van der Waals surface area contributed by atoms with Crippen molar-refractivity contribution in [3.63, 3.8) is 0 Å². The van der Waals surface area contributed by atoms with Crippen LogP contribution in [0.15, 0.2) is 60.7 Å². The quantitative estimate of drug-likeness (QED) is 0.749. The van der Waals surface area contributed by atoms with Crippen molar-refractivity contribution in [2.75, 3.05) is 18.5 Å². The van der Waals surface area contributed by atoms with E-state index < -0.39 is 0 Å². The van der Waals surface area contributed by atoms with Crippen LogP contribution in [0.25, 0.3) is 6.08 Å². The lowest BCUT2D eigenvalue weighted by atomic mass is 9.87. The Morgan fingerprint density at radius 1 is 0.905 bits per heavy atom. The maximum Gasteiger partial charge on any atom is 0.0366 e. The average molecular weight is 279 g/mol. The van der Waals surface area contributed by atoms with Gasteiger partial charge in [-0.05, 0) is 28.7 Å². The van der Waals surface area contributed by atoms with Crippen molar-refractivity contribution in [3.8, 4) is 0 Å². The van der Waals surface area contributed by atoms with Crippen LogP contribution in [-0.4, -0.2) is 13.6 Å². The van der Waals surface area contributed by atoms with Crippen molar-refractivity contribution in [2.24, 2.45) is 0 Å². The van der Waals surface area contributed by atoms with Crippen LogP contribution >= 0.6 is 0 Å². The van der Waals surface area contributed by atoms with Crippen LogP contribution in [0.4, 0.5) is 5.69 Å². The van der Waals surface area contributed by atoms with Gasteiger partial charge >= 0.3 is 0 Å². The van der Waals surface area contributed by atoms with Crippen LogP contribution in [-0.2, 0) is 5.41 Å². The Hall–Kier alpha value is -2.02. The third kappa shape index (κ3) is 4.49. The SMILES string of the molecule is CN(C/C=C/c1ccc(C(C)(C)C)cc1)c1ccccc1. The second-order valence-corrected chi connectivity index (χ2v) is 6.49. The summed E-state index contributed by atoms with van der Waals surface area (Å²) in [7, 11) is 2.11. The van der Waals surface area contributed by atoms with Crippen LogP contribution < -0.4 is 4.90 Å². The molecule has 1 heteroatoms. The van der Waals surface area contributed by atoms with E-state index in [4.69, 9.17) is 0 Å². The third-order valence-electron chi connectivity index (χ3n) is 3.66. The average Bonchev–Trinajstić information content (AvgIpc) is 2.47. The Morgan fingerprint density at radius 3 is 2.10 bits per heavy atom. The summed E-state index contributed by atoms with van der Waals surface area (Å²) in [5.41, 5.74) is 4.09. The molecule has 0 bridgehead atoms. The molecule has 0 atom stereocenters. The van der Waals surface area contributed by atoms with Gasteiger partial charge < -0.3 is 4.90 Å². The van der Waals surface area contributed by atoms with Crippen LogP contribution in [0.5, 0.6) is 0 Å². The number of para-hydroxylation sites is 1. The maximum absolute atomic E-state index is 2.24. The molecule has 0 N–H and O–H groups in total. The highest BCUT2D eigenvalue weighted by Crippen LogP contribution is 2.22. The van der Waals surface area contributed by atoms with E-state index in [1.54, 1.807) is 0 Å². The minimum atomic E-state index is 0.218. The summed E-state index contributed by atoms with van der Waals surface area (Å²) in [4.78, 5) is 2.24. The molecule has 110 valence electrons. The minimum absolute atomic E-state index is 0.218. The first-order valence-electron chi connectivity index (χ1n) is 7.50. The molecule has 0 fully saturated rings. The zero-order chi connectivity index (χ0) is 15.3. The van der Waals surface area contributed by atoms with Crippen LogP contribution in [0.2, 0.25) is 0 Å². The molecule has 0 aromatic heterocycles. The van der Waals surface area contributed by atoms with Gasteiger partial charge in [0.1, 0.15) is 0 Å². The van der Waals surface area contributed by atoms with Crippen molar-refractivity contribution in [1.82, 2.24) is 0 Å². The first kappa shape index (κ1) is 15.4. The van der Waals surface area contributed by atoms with Crippen LogP contribution in [0, 0.1) is 0 Å². The summed E-state index contributed by atoms with van der Waals surface area (Å²) in [5.74, 6) is 0. The van der Waals surface area contributed by atoms with Gasteiger partial charge in [-0.15, -0.1) is 0 Å². The fourth-order valence-electron chi connectivity index (χ4n) is 2.23. The van der Waals surface area contributed by atoms with E-state index in [0.717, 1.165) is 6.54 Å². The highest BCUT2D eigenvalue weighted by molar-refractivity contribution is 5.52. The molecule has 0 aliphatic heterocycles. The molecule has 0 aliphatic rings. The minimum Gasteiger partial charge on any atom is -0.371 e. The first-order valence-corrected chi connectivity index (χ1v) is 7.50. The molecule has 21 heavy (non-hydrogen) atoms. The Kier molecular flexibility index (Phi) is 4.85. The number of hydrogen-bond donors (Lipinski definition) is 0. The first-order chi connectivity index (χ1) is 9.97. The molecule has 0 unspecified atom stereocenters. The van der Waals surface area contributed by atoms with Crippen molar-refractivity contribution in [1.29, 1.82) is 0 Å². The topological polar surface area (TPSA) is 3.24 Å². The number of benzene rings is 2. The van der Waals surface area contributed by atoms with Crippen LogP contribution in [0.3, 0.4) is 0 Å². The van der Waals surface area contributed by atoms with Crippen molar-refractivity contribution in [2.45, 2.75) is 26.2 Å². The Labute approximate surface area is 128 Å². The second kappa shape index (κ2) is 6.62. The monoisotopic (exact) mass is 279 g/mol. The van der Waals surface area contributed by atoms with Crippen LogP contribution in [0.1, 0.15) is 31.9 Å². The molecule has 2 aromatic rings. The number of likely N-dealkylation sites (N-methyl/N-ethyl adjacent to an activating group) is 1. The number of rotatable bonds is 4. The maximum atomic E-state index is 2.24. The summed E-state index contributed by atoms with van der Waals surface area (Å²) >= 11 is 0. The zero-order valence-electron chi connectivity index (χ0n) is 13.5. The van der Waals surface area contributed by atoms with Gasteiger partial charge in [0, 0.05) is 19.3 Å². The van der Waals surface area contributed by atoms with Gasteiger partial charge in [0.15, 0.2) is 0 Å². The fraction of sp³-hybridized carbons (Fsp3) is 0.300. The summed E-state index contributed by atoms with van der Waals surface area (Å²) in [5, 5.41) is 0. The lowest BCUT2D eigenvalue weighted by Crippen LogP contribution is -2.16. The van der Waals surface area contributed by atoms with Crippen molar-refractivity contribution >= 4 is 11.8 Å². The molecule has 0 amide bonds. The van der Waals surface area contributed by atoms with E-state index in [0.29, 0.717) is 0 Å². The molecule has 0 aliphatic carbocycles. The molecule has 1 nitrogen and oxygen atoms in total. The van der Waals surface area contributed by atoms with Gasteiger partial charge in [0.25, 0.3) is 0 Å². The highest BCUT2D eigenvalue weighted by atomic mass is 15.1. The lowest BCUT2D eigenvalue weighted by molar-refractivity contribution is 0.590. The Balaban J connectivity index is 1.96. The lowest BCUT2D eigenvalue weighted by Gasteiger charge is -2.19. The van der Waals surface area contributed by atoms with Crippen molar-refractivity contribution in [3.05, 3.63) is 71.8 Å². The highest BCUT2D eigenvalue weighted by Gasteiger charge is 2.12. The predicted molar refractivity (Wildman–Crippen MR) is 93.9 cm³/mol. The Morgan fingerprint density at radius 2 is 1.52 bits per heavy atom. The van der Waals surface area contributed by atoms with Gasteiger partial charge in [-0.25, -0.2) is 0 Å². The largest absolute Gasteiger partial charge is 0.371 e. The van der Waals surface area contributed by atoms with E-state index in [2.05, 4.69) is 93.4 Å². The normalized spacial score (nSPS) is 11.8. The Bertz CT molecular complexity index is 573. The molecule has 0 saturated carbocycles. The van der Waals surface area contributed by atoms with E-state index in [1.165, 1.54) is 16.8 Å². The number of nitrogens with zero attached hydrogens (tertiary/aromatic N) is 1. The molecular weight excluding hydrogens is 254 g/mol. The summed E-state index contributed by atoms with van der Waals surface area (Å²) in [6, 6.07) is 19.3. The zero-order valence-corrected chi connectivity index (χ0v) is 13.5. The predicted octanol–water partition coefficient (Wildman–Crippen LogP) is 5.13. The van der Waals surface area contributed by atoms with Gasteiger partial charge in [0.2, 0.25) is 0 Å². The fourth-order valence-corrected chi connectivity index (χ4v) is 2.23. The number of anilines is 1. The third-order valence-corrected chi connectivity index (χ3v) is 3.66. The van der Waals surface area contributed by atoms with Gasteiger partial charge in [-0.3, -0.25) is 0 Å². The van der Waals surface area contributed by atoms with E-state index >= 15 is 0 Å². The van der Waals surface area contributed by atoms with E-state index in [9.17, 15) is 0 Å². The molecule has 0 saturated heterocycles. The summed E-state index contributed by atoms with van der Waals surface area (Å²) in [6.45, 7) is 7.64. The number of hydrogen-bond acceptors (Lipinski definition) is 1. The van der Waals surface area contributed by atoms with Crippen molar-refractivity contribution < 1.29 is 0 Å². The smallest absolute Gasteiger partial charge is 0.0366 e. The molecule has 2 aromatic carbocycles. The standard InChI is InChI=1S/C20H25N/c1-20(2,3)18-14-12-17(13-15-18)9-8-16-21(4)19-10-6-5-7-11-19/h5-15H,16H2,1-4H3/b9-8+. The van der Waals surface area contributed by atoms with E-state index in [-0.39, 0.29) is 5.41 Å². The summed E-state index contributed by atoms with van der Waals surface area (Å²) in [6.07, 6.45) is 4.39. The van der Waals surface area contributed by atoms with Gasteiger partial charge in [0.05, 0.1) is 0 Å². The molecule has 2 rings (SSSR count). The molecular formula is C20H25N. The second-order valence-electron chi connectivity index (χ2n) is 6.49. The summed E-state index contributed by atoms with van der Waals surface area (Å²) < 4.78 is 0. The molecule has 0 spiro atoms.